The fraction of sp³-hybridized carbons (Fsp3) is 0.478. The van der Waals surface area contributed by atoms with Crippen molar-refractivity contribution in [3.05, 3.63) is 46.2 Å². The van der Waals surface area contributed by atoms with Crippen LogP contribution < -0.4 is 10.2 Å². The monoisotopic (exact) mass is 463 g/mol. The lowest BCUT2D eigenvalue weighted by atomic mass is 10.1. The van der Waals surface area contributed by atoms with Crippen LogP contribution in [-0.2, 0) is 16.1 Å². The highest BCUT2D eigenvalue weighted by Crippen LogP contribution is 2.27. The molecule has 1 aliphatic heterocycles. The number of nitrogens with zero attached hydrogens (tertiary/aromatic N) is 2. The molecule has 8 heteroatoms. The molecule has 0 saturated carbocycles. The summed E-state index contributed by atoms with van der Waals surface area (Å²) >= 11 is 7.14. The third-order valence-corrected chi connectivity index (χ3v) is 6.34. The van der Waals surface area contributed by atoms with Crippen molar-refractivity contribution in [3.63, 3.8) is 0 Å². The molecule has 0 bridgehead atoms. The first-order valence-electron chi connectivity index (χ1n) is 10.6. The lowest BCUT2D eigenvalue weighted by Crippen LogP contribution is -2.37. The van der Waals surface area contributed by atoms with E-state index in [0.717, 1.165) is 41.3 Å². The Balaban J connectivity index is 1.84. The smallest absolute Gasteiger partial charge is 0.264 e. The molecule has 3 rings (SSSR count). The van der Waals surface area contributed by atoms with E-state index in [1.807, 2.05) is 59.6 Å². The van der Waals surface area contributed by atoms with Gasteiger partial charge in [0.2, 0.25) is 5.91 Å². The zero-order chi connectivity index (χ0) is 22.2. The summed E-state index contributed by atoms with van der Waals surface area (Å²) in [6.07, 6.45) is 3.07. The Bertz CT molecular complexity index is 867. The van der Waals surface area contributed by atoms with E-state index in [1.54, 1.807) is 0 Å². The van der Waals surface area contributed by atoms with Crippen LogP contribution in [0.4, 0.5) is 11.4 Å². The van der Waals surface area contributed by atoms with Crippen molar-refractivity contribution in [1.29, 1.82) is 0 Å². The highest BCUT2D eigenvalue weighted by atomic mass is 35.5. The van der Waals surface area contributed by atoms with Gasteiger partial charge in [-0.15, -0.1) is 22.9 Å². The normalized spacial score (nSPS) is 15.6. The maximum absolute atomic E-state index is 13.2. The van der Waals surface area contributed by atoms with Crippen LogP contribution in [0.5, 0.6) is 0 Å². The van der Waals surface area contributed by atoms with Gasteiger partial charge in [0.15, 0.2) is 0 Å². The Hall–Kier alpha value is -2.09. The quantitative estimate of drug-likeness (QED) is 0.523. The Morgan fingerprint density at radius 3 is 2.77 bits per heavy atom. The summed E-state index contributed by atoms with van der Waals surface area (Å²) < 4.78 is 5.81. The summed E-state index contributed by atoms with van der Waals surface area (Å²) in [5.41, 5.74) is 2.71. The first kappa shape index (κ1) is 23.6. The zero-order valence-electron chi connectivity index (χ0n) is 18.1. The van der Waals surface area contributed by atoms with Gasteiger partial charge in [0.1, 0.15) is 0 Å². The third-order valence-electron chi connectivity index (χ3n) is 5.21. The van der Waals surface area contributed by atoms with E-state index in [4.69, 9.17) is 16.3 Å². The average Bonchev–Trinajstić information content (AvgIpc) is 3.45. The molecular weight excluding hydrogens is 434 g/mol. The van der Waals surface area contributed by atoms with Gasteiger partial charge < -0.3 is 19.9 Å². The van der Waals surface area contributed by atoms with Gasteiger partial charge in [-0.05, 0) is 54.5 Å². The molecule has 2 amide bonds. The SMILES string of the molecule is CN(C)c1ccc(NC(=O)CCCCl)cc1CN(CC1CCCO1)C(=O)c1cccs1. The number of halogens is 1. The van der Waals surface area contributed by atoms with Gasteiger partial charge in [0, 0.05) is 57.5 Å². The molecule has 0 radical (unpaired) electrons. The van der Waals surface area contributed by atoms with Crippen molar-refractivity contribution in [1.82, 2.24) is 4.90 Å². The Labute approximate surface area is 193 Å². The predicted octanol–water partition coefficient (Wildman–Crippen LogP) is 4.59. The Kier molecular flexibility index (Phi) is 8.75. The van der Waals surface area contributed by atoms with Gasteiger partial charge in [-0.2, -0.15) is 0 Å². The van der Waals surface area contributed by atoms with E-state index < -0.39 is 0 Å². The molecule has 6 nitrogen and oxygen atoms in total. The van der Waals surface area contributed by atoms with Crippen molar-refractivity contribution in [2.24, 2.45) is 0 Å². The molecule has 2 heterocycles. The predicted molar refractivity (Wildman–Crippen MR) is 127 cm³/mol. The van der Waals surface area contributed by atoms with Crippen LogP contribution in [0, 0.1) is 0 Å². The number of benzene rings is 1. The van der Waals surface area contributed by atoms with Crippen LogP contribution in [0.1, 0.15) is 40.9 Å². The first-order valence-corrected chi connectivity index (χ1v) is 12.0. The number of hydrogen-bond donors (Lipinski definition) is 1. The van der Waals surface area contributed by atoms with Crippen LogP contribution in [0.3, 0.4) is 0 Å². The minimum atomic E-state index is -0.0601. The number of nitrogens with one attached hydrogen (secondary N) is 1. The molecular formula is C23H30ClN3O3S. The Morgan fingerprint density at radius 1 is 1.29 bits per heavy atom. The molecule has 1 saturated heterocycles. The number of ether oxygens (including phenoxy) is 1. The average molecular weight is 464 g/mol. The van der Waals surface area contributed by atoms with E-state index in [2.05, 4.69) is 5.32 Å². The van der Waals surface area contributed by atoms with Crippen molar-refractivity contribution in [2.45, 2.75) is 38.3 Å². The standard InChI is InChI=1S/C23H30ClN3O3S/c1-26(2)20-10-9-18(25-22(28)8-3-11-24)14-17(20)15-27(16-19-6-4-12-30-19)23(29)21-7-5-13-31-21/h5,7,9-10,13-14,19H,3-4,6,8,11-12,15-16H2,1-2H3,(H,25,28). The number of alkyl halides is 1. The van der Waals surface area contributed by atoms with Crippen LogP contribution in [0.15, 0.2) is 35.7 Å². The van der Waals surface area contributed by atoms with Gasteiger partial charge in [0.25, 0.3) is 5.91 Å². The van der Waals surface area contributed by atoms with Gasteiger partial charge in [0.05, 0.1) is 11.0 Å². The second-order valence-electron chi connectivity index (χ2n) is 7.88. The molecule has 0 spiro atoms. The van der Waals surface area contributed by atoms with Crippen molar-refractivity contribution >= 4 is 46.1 Å². The van der Waals surface area contributed by atoms with Gasteiger partial charge in [-0.1, -0.05) is 6.07 Å². The van der Waals surface area contributed by atoms with E-state index in [0.29, 0.717) is 31.8 Å². The van der Waals surface area contributed by atoms with E-state index in [9.17, 15) is 9.59 Å². The lowest BCUT2D eigenvalue weighted by Gasteiger charge is -2.28. The van der Waals surface area contributed by atoms with Crippen molar-refractivity contribution < 1.29 is 14.3 Å². The summed E-state index contributed by atoms with van der Waals surface area (Å²) in [7, 11) is 3.95. The fourth-order valence-corrected chi connectivity index (χ4v) is 4.52. The van der Waals surface area contributed by atoms with Crippen molar-refractivity contribution in [3.8, 4) is 0 Å². The highest BCUT2D eigenvalue weighted by Gasteiger charge is 2.25. The maximum atomic E-state index is 13.2. The summed E-state index contributed by atoms with van der Waals surface area (Å²) in [5, 5.41) is 4.86. The molecule has 1 unspecified atom stereocenters. The second kappa shape index (κ2) is 11.5. The molecule has 1 atom stereocenters. The van der Waals surface area contributed by atoms with Crippen LogP contribution >= 0.6 is 22.9 Å². The number of rotatable bonds is 10. The van der Waals surface area contributed by atoms with Gasteiger partial charge in [-0.3, -0.25) is 9.59 Å². The number of amides is 2. The molecule has 1 N–H and O–H groups in total. The largest absolute Gasteiger partial charge is 0.377 e. The van der Waals surface area contributed by atoms with E-state index in [1.165, 1.54) is 11.3 Å². The highest BCUT2D eigenvalue weighted by molar-refractivity contribution is 7.12. The number of hydrogen-bond acceptors (Lipinski definition) is 5. The lowest BCUT2D eigenvalue weighted by molar-refractivity contribution is -0.116. The summed E-state index contributed by atoms with van der Waals surface area (Å²) in [5.74, 6) is 0.406. The molecule has 2 aromatic rings. The zero-order valence-corrected chi connectivity index (χ0v) is 19.7. The Morgan fingerprint density at radius 2 is 2.13 bits per heavy atom. The van der Waals surface area contributed by atoms with Crippen LogP contribution in [-0.4, -0.2) is 55.9 Å². The number of carbonyl (C=O) groups excluding carboxylic acids is 2. The summed E-state index contributed by atoms with van der Waals surface area (Å²) in [4.78, 5) is 30.0. The van der Waals surface area contributed by atoms with Gasteiger partial charge >= 0.3 is 0 Å². The van der Waals surface area contributed by atoms with E-state index >= 15 is 0 Å². The topological polar surface area (TPSA) is 61.9 Å². The van der Waals surface area contributed by atoms with Crippen molar-refractivity contribution in [2.75, 3.05) is 43.3 Å². The fourth-order valence-electron chi connectivity index (χ4n) is 3.69. The minimum absolute atomic E-state index is 0.00626. The van der Waals surface area contributed by atoms with Crippen LogP contribution in [0.2, 0.25) is 0 Å². The first-order chi connectivity index (χ1) is 15.0. The molecule has 1 aromatic heterocycles. The number of carbonyl (C=O) groups is 2. The third kappa shape index (κ3) is 6.69. The summed E-state index contributed by atoms with van der Waals surface area (Å²) in [6.45, 7) is 1.74. The molecule has 1 aromatic carbocycles. The molecule has 31 heavy (non-hydrogen) atoms. The van der Waals surface area contributed by atoms with E-state index in [-0.39, 0.29) is 17.9 Å². The molecule has 0 aliphatic carbocycles. The van der Waals surface area contributed by atoms with Gasteiger partial charge in [-0.25, -0.2) is 0 Å². The van der Waals surface area contributed by atoms with Crippen LogP contribution in [0.25, 0.3) is 0 Å². The maximum Gasteiger partial charge on any atom is 0.264 e. The minimum Gasteiger partial charge on any atom is -0.377 e. The summed E-state index contributed by atoms with van der Waals surface area (Å²) in [6, 6.07) is 9.58. The second-order valence-corrected chi connectivity index (χ2v) is 9.20. The molecule has 1 fully saturated rings. The molecule has 168 valence electrons. The molecule has 1 aliphatic rings. The number of thiophene rings is 1. The number of anilines is 2.